The molecule has 2 amide bonds. The average Bonchev–Trinajstić information content (AvgIpc) is 2.62. The molecule has 5 nitrogen and oxygen atoms in total. The van der Waals surface area contributed by atoms with Gasteiger partial charge in [0.25, 0.3) is 0 Å². The minimum atomic E-state index is -0.605. The molecule has 0 unspecified atom stereocenters. The molecule has 3 rings (SSSR count). The molecule has 0 bridgehead atoms. The Bertz CT molecular complexity index is 806. The molecule has 0 atom stereocenters. The number of carbonyl (C=O) groups excluding carboxylic acids is 1. The predicted octanol–water partition coefficient (Wildman–Crippen LogP) is 3.19. The SMILES string of the molecule is N#Cc1cccc(NC(=O)N2CCN(c3c(F)cccc3F)CC2)c1. The van der Waals surface area contributed by atoms with E-state index in [1.807, 2.05) is 6.07 Å². The normalized spacial score (nSPS) is 14.1. The van der Waals surface area contributed by atoms with E-state index in [4.69, 9.17) is 5.26 Å². The Kier molecular flexibility index (Phi) is 4.80. The Morgan fingerprint density at radius 3 is 2.32 bits per heavy atom. The van der Waals surface area contributed by atoms with Crippen molar-refractivity contribution in [2.75, 3.05) is 36.4 Å². The summed E-state index contributed by atoms with van der Waals surface area (Å²) < 4.78 is 27.7. The van der Waals surface area contributed by atoms with E-state index in [-0.39, 0.29) is 11.7 Å². The molecule has 0 spiro atoms. The monoisotopic (exact) mass is 342 g/mol. The summed E-state index contributed by atoms with van der Waals surface area (Å²) in [4.78, 5) is 15.5. The van der Waals surface area contributed by atoms with Crippen LogP contribution in [0.3, 0.4) is 0 Å². The van der Waals surface area contributed by atoms with E-state index in [0.717, 1.165) is 0 Å². The van der Waals surface area contributed by atoms with Gasteiger partial charge in [-0.15, -0.1) is 0 Å². The van der Waals surface area contributed by atoms with Crippen molar-refractivity contribution in [2.45, 2.75) is 0 Å². The predicted molar refractivity (Wildman–Crippen MR) is 90.3 cm³/mol. The summed E-state index contributed by atoms with van der Waals surface area (Å²) in [5.41, 5.74) is 0.938. The maximum absolute atomic E-state index is 13.8. The maximum atomic E-state index is 13.8. The Labute approximate surface area is 144 Å². The van der Waals surface area contributed by atoms with Crippen LogP contribution in [0.4, 0.5) is 25.0 Å². The molecule has 0 saturated carbocycles. The zero-order chi connectivity index (χ0) is 17.8. The number of halogens is 2. The van der Waals surface area contributed by atoms with Gasteiger partial charge in [0, 0.05) is 31.9 Å². The van der Waals surface area contributed by atoms with Crippen LogP contribution in [0, 0.1) is 23.0 Å². The smallest absolute Gasteiger partial charge is 0.321 e. The summed E-state index contributed by atoms with van der Waals surface area (Å²) in [5.74, 6) is -1.21. The van der Waals surface area contributed by atoms with Gasteiger partial charge in [-0.3, -0.25) is 0 Å². The Morgan fingerprint density at radius 1 is 1.04 bits per heavy atom. The van der Waals surface area contributed by atoms with E-state index in [9.17, 15) is 13.6 Å². The van der Waals surface area contributed by atoms with Crippen LogP contribution < -0.4 is 10.2 Å². The third-order valence-electron chi connectivity index (χ3n) is 4.06. The van der Waals surface area contributed by atoms with Crippen LogP contribution in [-0.4, -0.2) is 37.1 Å². The van der Waals surface area contributed by atoms with Gasteiger partial charge in [-0.1, -0.05) is 12.1 Å². The highest BCUT2D eigenvalue weighted by molar-refractivity contribution is 5.89. The van der Waals surface area contributed by atoms with Gasteiger partial charge in [0.15, 0.2) is 0 Å². The Hall–Kier alpha value is -3.14. The van der Waals surface area contributed by atoms with Crippen molar-refractivity contribution in [1.29, 1.82) is 5.26 Å². The molecule has 1 N–H and O–H groups in total. The van der Waals surface area contributed by atoms with Crippen LogP contribution in [0.5, 0.6) is 0 Å². The summed E-state index contributed by atoms with van der Waals surface area (Å²) in [6, 6.07) is 12.1. The number of nitrogens with one attached hydrogen (secondary N) is 1. The number of nitriles is 1. The lowest BCUT2D eigenvalue weighted by molar-refractivity contribution is 0.208. The third-order valence-corrected chi connectivity index (χ3v) is 4.06. The first-order valence-corrected chi connectivity index (χ1v) is 7.83. The zero-order valence-corrected chi connectivity index (χ0v) is 13.4. The minimum absolute atomic E-state index is 0.0516. The minimum Gasteiger partial charge on any atom is -0.363 e. The molecule has 7 heteroatoms. The van der Waals surface area contributed by atoms with Crippen molar-refractivity contribution >= 4 is 17.4 Å². The standard InChI is InChI=1S/C18H16F2N4O/c19-15-5-2-6-16(20)17(15)23-7-9-24(10-8-23)18(25)22-14-4-1-3-13(11-14)12-21/h1-6,11H,7-10H2,(H,22,25). The van der Waals surface area contributed by atoms with Gasteiger partial charge in [0.2, 0.25) is 0 Å². The van der Waals surface area contributed by atoms with Crippen LogP contribution in [0.1, 0.15) is 5.56 Å². The number of rotatable bonds is 2. The quantitative estimate of drug-likeness (QED) is 0.912. The van der Waals surface area contributed by atoms with Crippen LogP contribution in [-0.2, 0) is 0 Å². The largest absolute Gasteiger partial charge is 0.363 e. The van der Waals surface area contributed by atoms with Gasteiger partial charge in [-0.2, -0.15) is 5.26 Å². The highest BCUT2D eigenvalue weighted by Gasteiger charge is 2.24. The van der Waals surface area contributed by atoms with Gasteiger partial charge < -0.3 is 15.1 Å². The molecular weight excluding hydrogens is 326 g/mol. The number of hydrogen-bond acceptors (Lipinski definition) is 3. The number of anilines is 2. The number of amides is 2. The molecule has 25 heavy (non-hydrogen) atoms. The van der Waals surface area contributed by atoms with E-state index < -0.39 is 11.6 Å². The first-order valence-electron chi connectivity index (χ1n) is 7.83. The molecule has 1 heterocycles. The van der Waals surface area contributed by atoms with Crippen LogP contribution >= 0.6 is 0 Å². The molecule has 1 aliphatic heterocycles. The molecule has 128 valence electrons. The molecule has 0 aliphatic carbocycles. The first-order chi connectivity index (χ1) is 12.1. The second-order valence-corrected chi connectivity index (χ2v) is 5.67. The number of urea groups is 1. The molecule has 0 radical (unpaired) electrons. The summed E-state index contributed by atoms with van der Waals surface area (Å²) in [6.45, 7) is 1.36. The maximum Gasteiger partial charge on any atom is 0.321 e. The fraction of sp³-hybridized carbons (Fsp3) is 0.222. The van der Waals surface area contributed by atoms with Crippen molar-refractivity contribution in [3.05, 3.63) is 59.7 Å². The van der Waals surface area contributed by atoms with Crippen molar-refractivity contribution < 1.29 is 13.6 Å². The Balaban J connectivity index is 1.62. The molecule has 1 aliphatic rings. The number of piperazine rings is 1. The van der Waals surface area contributed by atoms with Crippen LogP contribution in [0.25, 0.3) is 0 Å². The lowest BCUT2D eigenvalue weighted by Gasteiger charge is -2.36. The molecule has 0 aromatic heterocycles. The second kappa shape index (κ2) is 7.18. The second-order valence-electron chi connectivity index (χ2n) is 5.67. The fourth-order valence-corrected chi connectivity index (χ4v) is 2.79. The highest BCUT2D eigenvalue weighted by Crippen LogP contribution is 2.24. The van der Waals surface area contributed by atoms with E-state index in [1.54, 1.807) is 34.1 Å². The summed E-state index contributed by atoms with van der Waals surface area (Å²) >= 11 is 0. The van der Waals surface area contributed by atoms with E-state index in [2.05, 4.69) is 5.32 Å². The lowest BCUT2D eigenvalue weighted by atomic mass is 10.2. The zero-order valence-electron chi connectivity index (χ0n) is 13.4. The van der Waals surface area contributed by atoms with Crippen molar-refractivity contribution in [1.82, 2.24) is 4.90 Å². The third kappa shape index (κ3) is 3.69. The summed E-state index contributed by atoms with van der Waals surface area (Å²) in [7, 11) is 0. The number of para-hydroxylation sites is 1. The molecule has 1 fully saturated rings. The molecular formula is C18H16F2N4O. The average molecular weight is 342 g/mol. The van der Waals surface area contributed by atoms with Gasteiger partial charge in [-0.05, 0) is 30.3 Å². The van der Waals surface area contributed by atoms with E-state index in [1.165, 1.54) is 18.2 Å². The fourth-order valence-electron chi connectivity index (χ4n) is 2.79. The van der Waals surface area contributed by atoms with Crippen molar-refractivity contribution in [2.24, 2.45) is 0 Å². The number of nitrogens with zero attached hydrogens (tertiary/aromatic N) is 3. The van der Waals surface area contributed by atoms with Crippen LogP contribution in [0.15, 0.2) is 42.5 Å². The Morgan fingerprint density at radius 2 is 1.68 bits per heavy atom. The summed E-state index contributed by atoms with van der Waals surface area (Å²) in [6.07, 6.45) is 0. The molecule has 2 aromatic carbocycles. The van der Waals surface area contributed by atoms with Gasteiger partial charge >= 0.3 is 6.03 Å². The van der Waals surface area contributed by atoms with E-state index in [0.29, 0.717) is 37.4 Å². The topological polar surface area (TPSA) is 59.4 Å². The lowest BCUT2D eigenvalue weighted by Crippen LogP contribution is -2.50. The van der Waals surface area contributed by atoms with Gasteiger partial charge in [0.1, 0.15) is 17.3 Å². The number of hydrogen-bond donors (Lipinski definition) is 1. The molecule has 2 aromatic rings. The van der Waals surface area contributed by atoms with Gasteiger partial charge in [-0.25, -0.2) is 13.6 Å². The first kappa shape index (κ1) is 16.7. The molecule has 1 saturated heterocycles. The van der Waals surface area contributed by atoms with Gasteiger partial charge in [0.05, 0.1) is 11.6 Å². The van der Waals surface area contributed by atoms with Crippen LogP contribution in [0.2, 0.25) is 0 Å². The summed E-state index contributed by atoms with van der Waals surface area (Å²) in [5, 5.41) is 11.6. The number of carbonyl (C=O) groups is 1. The number of benzene rings is 2. The van der Waals surface area contributed by atoms with E-state index >= 15 is 0 Å². The highest BCUT2D eigenvalue weighted by atomic mass is 19.1. The van der Waals surface area contributed by atoms with Crippen molar-refractivity contribution in [3.63, 3.8) is 0 Å². The van der Waals surface area contributed by atoms with Crippen molar-refractivity contribution in [3.8, 4) is 6.07 Å².